The molecule has 0 radical (unpaired) electrons. The minimum absolute atomic E-state index is 0.350. The van der Waals surface area contributed by atoms with Crippen LogP contribution in [0.5, 0.6) is 17.2 Å². The number of rotatable bonds is 6. The Hall–Kier alpha value is -4.08. The van der Waals surface area contributed by atoms with Crippen LogP contribution >= 0.6 is 0 Å². The molecule has 3 aromatic rings. The summed E-state index contributed by atoms with van der Waals surface area (Å²) in [6.45, 7) is 5.83. The number of nitrogens with zero attached hydrogens (tertiary/aromatic N) is 3. The minimum atomic E-state index is -0.786. The number of nitrogens with one attached hydrogen (secondary N) is 2. The Balaban J connectivity index is 1.83. The van der Waals surface area contributed by atoms with Crippen LogP contribution in [0, 0.1) is 18.7 Å². The summed E-state index contributed by atoms with van der Waals surface area (Å²) in [6, 6.07) is 8.45. The van der Waals surface area contributed by atoms with Gasteiger partial charge in [0, 0.05) is 11.4 Å². The lowest BCUT2D eigenvalue weighted by Gasteiger charge is -2.34. The molecule has 2 aromatic carbocycles. The number of methoxy groups -OCH3 is 3. The normalized spacial score (nSPS) is 17.1. The fourth-order valence-corrected chi connectivity index (χ4v) is 3.92. The second-order valence-corrected chi connectivity index (χ2v) is 7.45. The fraction of sp³-hybridized carbons (Fsp3) is 0.261. The molecule has 0 fully saturated rings. The number of anilines is 2. The molecular weight excluding hydrogens is 429 g/mol. The van der Waals surface area contributed by atoms with E-state index in [-0.39, 0.29) is 5.91 Å². The molecule has 172 valence electrons. The van der Waals surface area contributed by atoms with E-state index < -0.39 is 17.8 Å². The molecule has 9 nitrogen and oxygen atoms in total. The summed E-state index contributed by atoms with van der Waals surface area (Å²) in [4.78, 5) is 17.8. The number of halogens is 1. The molecule has 33 heavy (non-hydrogen) atoms. The molecule has 0 saturated carbocycles. The van der Waals surface area contributed by atoms with Crippen LogP contribution in [0.1, 0.15) is 17.4 Å². The third-order valence-electron chi connectivity index (χ3n) is 5.39. The van der Waals surface area contributed by atoms with Gasteiger partial charge in [0.2, 0.25) is 17.6 Å². The lowest BCUT2D eigenvalue weighted by atomic mass is 9.88. The van der Waals surface area contributed by atoms with E-state index in [4.69, 9.17) is 14.2 Å². The molecule has 0 saturated heterocycles. The van der Waals surface area contributed by atoms with Crippen molar-refractivity contribution in [3.05, 3.63) is 65.9 Å². The van der Waals surface area contributed by atoms with Gasteiger partial charge in [-0.3, -0.25) is 4.79 Å². The highest BCUT2D eigenvalue weighted by molar-refractivity contribution is 5.95. The van der Waals surface area contributed by atoms with Crippen LogP contribution in [-0.4, -0.2) is 42.0 Å². The Morgan fingerprint density at radius 1 is 1.12 bits per heavy atom. The van der Waals surface area contributed by atoms with Gasteiger partial charge in [-0.2, -0.15) is 10.1 Å². The molecule has 0 spiro atoms. The smallest absolute Gasteiger partial charge is 0.235 e. The van der Waals surface area contributed by atoms with Crippen molar-refractivity contribution in [3.8, 4) is 17.2 Å². The Morgan fingerprint density at radius 3 is 2.33 bits per heavy atom. The van der Waals surface area contributed by atoms with Crippen molar-refractivity contribution in [2.24, 2.45) is 5.92 Å². The molecule has 1 amide bonds. The highest BCUT2D eigenvalue weighted by Gasteiger charge is 2.40. The summed E-state index contributed by atoms with van der Waals surface area (Å²) in [5, 5.41) is 10.4. The first kappa shape index (κ1) is 22.1. The van der Waals surface area contributed by atoms with E-state index in [0.29, 0.717) is 46.0 Å². The molecule has 0 unspecified atom stereocenters. The van der Waals surface area contributed by atoms with E-state index in [1.807, 2.05) is 0 Å². The fourth-order valence-electron chi connectivity index (χ4n) is 3.92. The minimum Gasteiger partial charge on any atom is -0.493 e. The Morgan fingerprint density at radius 2 is 1.76 bits per heavy atom. The predicted octanol–water partition coefficient (Wildman–Crippen LogP) is 3.53. The van der Waals surface area contributed by atoms with Gasteiger partial charge in [-0.05, 0) is 48.9 Å². The van der Waals surface area contributed by atoms with Crippen LogP contribution in [0.2, 0.25) is 0 Å². The second-order valence-electron chi connectivity index (χ2n) is 7.45. The molecular formula is C23H24FN5O4. The monoisotopic (exact) mass is 453 g/mol. The van der Waals surface area contributed by atoms with Crippen LogP contribution in [-0.2, 0) is 4.79 Å². The zero-order chi connectivity index (χ0) is 23.7. The van der Waals surface area contributed by atoms with E-state index in [9.17, 15) is 9.18 Å². The van der Waals surface area contributed by atoms with Crippen LogP contribution in [0.25, 0.3) is 0 Å². The van der Waals surface area contributed by atoms with Gasteiger partial charge < -0.3 is 24.8 Å². The quantitative estimate of drug-likeness (QED) is 0.589. The maximum absolute atomic E-state index is 13.4. The molecule has 1 aliphatic heterocycles. The first-order valence-electron chi connectivity index (χ1n) is 10.1. The van der Waals surface area contributed by atoms with Crippen molar-refractivity contribution < 1.29 is 23.4 Å². The molecule has 0 bridgehead atoms. The van der Waals surface area contributed by atoms with Gasteiger partial charge >= 0.3 is 0 Å². The third kappa shape index (κ3) is 4.07. The van der Waals surface area contributed by atoms with Gasteiger partial charge in [-0.25, -0.2) is 9.07 Å². The maximum Gasteiger partial charge on any atom is 0.235 e. The van der Waals surface area contributed by atoms with Crippen molar-refractivity contribution in [2.75, 3.05) is 32.0 Å². The summed E-state index contributed by atoms with van der Waals surface area (Å²) in [5.74, 6) is 0.764. The number of aryl methyl sites for hydroxylation is 1. The third-order valence-corrected chi connectivity index (χ3v) is 5.39. The number of carbonyl (C=O) groups is 1. The number of aromatic nitrogens is 3. The summed E-state index contributed by atoms with van der Waals surface area (Å²) in [6.07, 6.45) is 0. The number of hydrogen-bond acceptors (Lipinski definition) is 7. The van der Waals surface area contributed by atoms with E-state index >= 15 is 0 Å². The zero-order valence-corrected chi connectivity index (χ0v) is 18.7. The summed E-state index contributed by atoms with van der Waals surface area (Å²) < 4.78 is 31.4. The molecule has 10 heteroatoms. The highest BCUT2D eigenvalue weighted by Crippen LogP contribution is 2.44. The van der Waals surface area contributed by atoms with E-state index in [1.54, 1.807) is 23.7 Å². The average Bonchev–Trinajstić information content (AvgIpc) is 3.17. The van der Waals surface area contributed by atoms with Crippen molar-refractivity contribution in [3.63, 3.8) is 0 Å². The Kier molecular flexibility index (Phi) is 5.91. The number of carbonyl (C=O) groups excluding carboxylic acids is 1. The van der Waals surface area contributed by atoms with E-state index in [1.165, 1.54) is 45.6 Å². The van der Waals surface area contributed by atoms with Gasteiger partial charge in [-0.1, -0.05) is 6.58 Å². The largest absolute Gasteiger partial charge is 0.493 e. The lowest BCUT2D eigenvalue weighted by molar-refractivity contribution is -0.119. The Bertz CT molecular complexity index is 1180. The summed E-state index contributed by atoms with van der Waals surface area (Å²) in [5.41, 5.74) is 1.57. The number of benzene rings is 2. The first-order chi connectivity index (χ1) is 15.9. The van der Waals surface area contributed by atoms with Gasteiger partial charge in [-0.15, -0.1) is 0 Å². The number of ether oxygens (including phenoxy) is 3. The molecule has 2 N–H and O–H groups in total. The second kappa shape index (κ2) is 8.81. The van der Waals surface area contributed by atoms with Crippen molar-refractivity contribution in [2.45, 2.75) is 13.0 Å². The zero-order valence-electron chi connectivity index (χ0n) is 18.7. The van der Waals surface area contributed by atoms with Crippen LogP contribution in [0.3, 0.4) is 0 Å². The molecule has 1 aromatic heterocycles. The SMILES string of the molecule is C=C1Nc2nc(C)nn2[C@@H](c2cc(OC)c(OC)c(OC)c2)[C@@H]1C(=O)Nc1ccc(F)cc1. The molecule has 2 heterocycles. The van der Waals surface area contributed by atoms with Crippen molar-refractivity contribution in [1.82, 2.24) is 14.8 Å². The topological polar surface area (TPSA) is 99.5 Å². The van der Waals surface area contributed by atoms with Gasteiger partial charge in [0.1, 0.15) is 17.6 Å². The highest BCUT2D eigenvalue weighted by atomic mass is 19.1. The molecule has 0 aliphatic carbocycles. The molecule has 2 atom stereocenters. The first-order valence-corrected chi connectivity index (χ1v) is 10.1. The number of hydrogen-bond donors (Lipinski definition) is 2. The van der Waals surface area contributed by atoms with Gasteiger partial charge in [0.05, 0.1) is 27.4 Å². The van der Waals surface area contributed by atoms with Crippen molar-refractivity contribution >= 4 is 17.5 Å². The predicted molar refractivity (Wildman–Crippen MR) is 120 cm³/mol. The van der Waals surface area contributed by atoms with Crippen LogP contribution in [0.4, 0.5) is 16.0 Å². The Labute approximate surface area is 190 Å². The van der Waals surface area contributed by atoms with Gasteiger partial charge in [0.25, 0.3) is 0 Å². The summed E-state index contributed by atoms with van der Waals surface area (Å²) >= 11 is 0. The lowest BCUT2D eigenvalue weighted by Crippen LogP contribution is -2.39. The van der Waals surface area contributed by atoms with E-state index in [0.717, 1.165) is 0 Å². The van der Waals surface area contributed by atoms with Crippen LogP contribution in [0.15, 0.2) is 48.7 Å². The number of fused-ring (bicyclic) bond motifs is 1. The van der Waals surface area contributed by atoms with Crippen molar-refractivity contribution in [1.29, 1.82) is 0 Å². The average molecular weight is 453 g/mol. The molecule has 1 aliphatic rings. The van der Waals surface area contributed by atoms with Gasteiger partial charge in [0.15, 0.2) is 11.5 Å². The summed E-state index contributed by atoms with van der Waals surface area (Å²) in [7, 11) is 4.56. The number of amides is 1. The van der Waals surface area contributed by atoms with E-state index in [2.05, 4.69) is 27.3 Å². The van der Waals surface area contributed by atoms with Crippen LogP contribution < -0.4 is 24.8 Å². The standard InChI is InChI=1S/C23H24FN5O4/c1-12-19(22(30)27-16-8-6-15(24)7-9-16)20(29-23(25-12)26-13(2)28-29)14-10-17(31-3)21(33-5)18(11-14)32-4/h6-11,19-20H,1H2,2-5H3,(H,27,30)(H,25,26,28)/t19-,20+/m1/s1. The maximum atomic E-state index is 13.4. The molecule has 4 rings (SSSR count).